The van der Waals surface area contributed by atoms with Gasteiger partial charge >= 0.3 is 5.69 Å². The lowest BCUT2D eigenvalue weighted by Crippen LogP contribution is -2.25. The molecule has 1 heterocycles. The van der Waals surface area contributed by atoms with Gasteiger partial charge < -0.3 is 5.32 Å². The third-order valence-corrected chi connectivity index (χ3v) is 3.06. The Hall–Kier alpha value is -1.59. The molecule has 0 aliphatic rings. The maximum Gasteiger partial charge on any atom is 0.330 e. The van der Waals surface area contributed by atoms with Gasteiger partial charge in [0.05, 0.1) is 4.92 Å². The molecule has 0 aromatic carbocycles. The van der Waals surface area contributed by atoms with E-state index < -0.39 is 4.92 Å². The van der Waals surface area contributed by atoms with E-state index in [-0.39, 0.29) is 11.1 Å². The summed E-state index contributed by atoms with van der Waals surface area (Å²) in [5, 5.41) is 17.9. The van der Waals surface area contributed by atoms with Crippen LogP contribution in [0.15, 0.2) is 6.20 Å². The van der Waals surface area contributed by atoms with Gasteiger partial charge in [0, 0.05) is 13.6 Å². The lowest BCUT2D eigenvalue weighted by molar-refractivity contribution is -0.384. The molecule has 0 amide bonds. The zero-order valence-corrected chi connectivity index (χ0v) is 11.0. The van der Waals surface area contributed by atoms with E-state index in [0.717, 1.165) is 0 Å². The lowest BCUT2D eigenvalue weighted by Gasteiger charge is -2.27. The molecule has 1 aromatic rings. The van der Waals surface area contributed by atoms with Crippen molar-refractivity contribution in [2.75, 3.05) is 11.9 Å². The first-order valence-electron chi connectivity index (χ1n) is 5.63. The van der Waals surface area contributed by atoms with Gasteiger partial charge in [-0.05, 0) is 11.3 Å². The van der Waals surface area contributed by atoms with E-state index in [2.05, 4.69) is 38.1 Å². The van der Waals surface area contributed by atoms with Gasteiger partial charge in [-0.25, -0.2) is 0 Å². The number of hydrogen-bond acceptors (Lipinski definition) is 4. The van der Waals surface area contributed by atoms with Gasteiger partial charge in [0.15, 0.2) is 0 Å². The fourth-order valence-corrected chi connectivity index (χ4v) is 1.29. The van der Waals surface area contributed by atoms with Gasteiger partial charge in [0.1, 0.15) is 6.20 Å². The zero-order chi connectivity index (χ0) is 13.2. The van der Waals surface area contributed by atoms with Crippen molar-refractivity contribution in [3.8, 4) is 0 Å². The number of aromatic nitrogens is 2. The van der Waals surface area contributed by atoms with E-state index in [1.165, 1.54) is 10.9 Å². The van der Waals surface area contributed by atoms with Crippen molar-refractivity contribution < 1.29 is 4.92 Å². The molecule has 1 aromatic heterocycles. The molecular formula is C11H20N4O2. The maximum atomic E-state index is 10.8. The number of anilines is 1. The highest BCUT2D eigenvalue weighted by Gasteiger charge is 2.23. The average molecular weight is 240 g/mol. The third kappa shape index (κ3) is 3.44. The summed E-state index contributed by atoms with van der Waals surface area (Å²) in [5.41, 5.74) is 0.185. The Balaban J connectivity index is 2.73. The molecule has 6 heteroatoms. The number of aryl methyl sites for hydroxylation is 1. The fourth-order valence-electron chi connectivity index (χ4n) is 1.29. The van der Waals surface area contributed by atoms with Crippen molar-refractivity contribution >= 4 is 11.5 Å². The molecule has 0 bridgehead atoms. The summed E-state index contributed by atoms with van der Waals surface area (Å²) in [6.07, 6.45) is 1.41. The van der Waals surface area contributed by atoms with E-state index in [9.17, 15) is 10.1 Å². The molecule has 6 nitrogen and oxygen atoms in total. The first kappa shape index (κ1) is 13.5. The molecule has 1 rings (SSSR count). The lowest BCUT2D eigenvalue weighted by atomic mass is 9.82. The van der Waals surface area contributed by atoms with Crippen LogP contribution < -0.4 is 5.32 Å². The van der Waals surface area contributed by atoms with Gasteiger partial charge in [-0.2, -0.15) is 0 Å². The molecular weight excluding hydrogens is 220 g/mol. The third-order valence-electron chi connectivity index (χ3n) is 3.06. The second-order valence-electron chi connectivity index (χ2n) is 5.44. The van der Waals surface area contributed by atoms with Crippen molar-refractivity contribution in [2.24, 2.45) is 18.4 Å². The molecule has 1 N–H and O–H groups in total. The minimum absolute atomic E-state index is 0.0219. The Morgan fingerprint density at radius 1 is 1.59 bits per heavy atom. The first-order valence-corrected chi connectivity index (χ1v) is 5.63. The number of hydrogen-bond donors (Lipinski definition) is 1. The topological polar surface area (TPSA) is 73.0 Å². The van der Waals surface area contributed by atoms with Crippen LogP contribution in [0.25, 0.3) is 0 Å². The molecule has 0 spiro atoms. The summed E-state index contributed by atoms with van der Waals surface area (Å²) in [7, 11) is 1.67. The smallest absolute Gasteiger partial charge is 0.330 e. The molecule has 0 fully saturated rings. The van der Waals surface area contributed by atoms with Crippen molar-refractivity contribution in [3.05, 3.63) is 16.3 Å². The van der Waals surface area contributed by atoms with Crippen LogP contribution in [0.1, 0.15) is 27.7 Å². The SMILES string of the molecule is CC(CNc1nn(C)cc1[N+](=O)[O-])C(C)(C)C. The second-order valence-corrected chi connectivity index (χ2v) is 5.44. The van der Waals surface area contributed by atoms with Crippen LogP contribution in [0.5, 0.6) is 0 Å². The highest BCUT2D eigenvalue weighted by Crippen LogP contribution is 2.27. The van der Waals surface area contributed by atoms with Crippen LogP contribution in [0.4, 0.5) is 11.5 Å². The number of nitrogens with one attached hydrogen (secondary N) is 1. The quantitative estimate of drug-likeness (QED) is 0.648. The summed E-state index contributed by atoms with van der Waals surface area (Å²) >= 11 is 0. The van der Waals surface area contributed by atoms with Crippen LogP contribution in [0, 0.1) is 21.4 Å². The molecule has 0 aliphatic heterocycles. The maximum absolute atomic E-state index is 10.8. The minimum Gasteiger partial charge on any atom is -0.363 e. The number of nitro groups is 1. The molecule has 1 unspecified atom stereocenters. The highest BCUT2D eigenvalue weighted by molar-refractivity contribution is 5.54. The highest BCUT2D eigenvalue weighted by atomic mass is 16.6. The van der Waals surface area contributed by atoms with Crippen LogP contribution in [0.2, 0.25) is 0 Å². The van der Waals surface area contributed by atoms with Crippen LogP contribution >= 0.6 is 0 Å². The summed E-state index contributed by atoms with van der Waals surface area (Å²) < 4.78 is 1.45. The predicted octanol–water partition coefficient (Wildman–Crippen LogP) is 2.42. The predicted molar refractivity (Wildman–Crippen MR) is 67.0 cm³/mol. The molecule has 0 radical (unpaired) electrons. The Morgan fingerprint density at radius 3 is 2.65 bits per heavy atom. The Morgan fingerprint density at radius 2 is 2.18 bits per heavy atom. The molecule has 17 heavy (non-hydrogen) atoms. The standard InChI is InChI=1S/C11H20N4O2/c1-8(11(2,3)4)6-12-10-9(15(16)17)7-14(5)13-10/h7-8H,6H2,1-5H3,(H,12,13). The van der Waals surface area contributed by atoms with Crippen molar-refractivity contribution in [2.45, 2.75) is 27.7 Å². The van der Waals surface area contributed by atoms with Gasteiger partial charge in [-0.3, -0.25) is 14.8 Å². The van der Waals surface area contributed by atoms with Crippen molar-refractivity contribution in [1.82, 2.24) is 9.78 Å². The summed E-state index contributed by atoms with van der Waals surface area (Å²) in [4.78, 5) is 10.4. The summed E-state index contributed by atoms with van der Waals surface area (Å²) in [6.45, 7) is 9.22. The Bertz CT molecular complexity index is 406. The van der Waals surface area contributed by atoms with E-state index >= 15 is 0 Å². The second kappa shape index (κ2) is 4.73. The van der Waals surface area contributed by atoms with Gasteiger partial charge in [-0.15, -0.1) is 5.10 Å². The van der Waals surface area contributed by atoms with Gasteiger partial charge in [0.2, 0.25) is 5.82 Å². The van der Waals surface area contributed by atoms with E-state index in [4.69, 9.17) is 0 Å². The normalized spacial score (nSPS) is 13.5. The Labute approximate surface area is 101 Å². The molecule has 1 atom stereocenters. The monoisotopic (exact) mass is 240 g/mol. The fraction of sp³-hybridized carbons (Fsp3) is 0.727. The zero-order valence-electron chi connectivity index (χ0n) is 11.0. The Kier molecular flexibility index (Phi) is 3.75. The summed E-state index contributed by atoms with van der Waals surface area (Å²) in [5.74, 6) is 0.734. The van der Waals surface area contributed by atoms with Crippen LogP contribution in [-0.2, 0) is 7.05 Å². The van der Waals surface area contributed by atoms with Crippen LogP contribution in [0.3, 0.4) is 0 Å². The molecule has 96 valence electrons. The first-order chi connectivity index (χ1) is 7.71. The van der Waals surface area contributed by atoms with Gasteiger partial charge in [0.25, 0.3) is 0 Å². The van der Waals surface area contributed by atoms with Crippen molar-refractivity contribution in [1.29, 1.82) is 0 Å². The minimum atomic E-state index is -0.420. The van der Waals surface area contributed by atoms with Gasteiger partial charge in [-0.1, -0.05) is 27.7 Å². The molecule has 0 saturated carbocycles. The number of rotatable bonds is 4. The van der Waals surface area contributed by atoms with Crippen LogP contribution in [-0.4, -0.2) is 21.2 Å². The van der Waals surface area contributed by atoms with E-state index in [1.54, 1.807) is 7.05 Å². The average Bonchev–Trinajstić information content (AvgIpc) is 2.54. The summed E-state index contributed by atoms with van der Waals surface area (Å²) in [6, 6.07) is 0. The van der Waals surface area contributed by atoms with E-state index in [1.807, 2.05) is 0 Å². The molecule has 0 aliphatic carbocycles. The van der Waals surface area contributed by atoms with Crippen molar-refractivity contribution in [3.63, 3.8) is 0 Å². The molecule has 0 saturated heterocycles. The van der Waals surface area contributed by atoms with E-state index in [0.29, 0.717) is 18.3 Å². The largest absolute Gasteiger partial charge is 0.363 e. The number of nitrogens with zero attached hydrogens (tertiary/aromatic N) is 3.